The van der Waals surface area contributed by atoms with Crippen molar-refractivity contribution in [1.29, 1.82) is 0 Å². The standard InChI is InChI=1S/C22H24O6/c1-4-5-13-18(20-22(28-11-27-20)21(24-3)19(13)23-2)15-9-14(15)12-6-7-16-17(8-12)26-10-25-16/h6-8,14-15H,4-5,9-11H2,1-3H3. The van der Waals surface area contributed by atoms with E-state index in [1.54, 1.807) is 14.2 Å². The van der Waals surface area contributed by atoms with Gasteiger partial charge >= 0.3 is 0 Å². The van der Waals surface area contributed by atoms with Gasteiger partial charge in [0.25, 0.3) is 0 Å². The zero-order chi connectivity index (χ0) is 19.3. The summed E-state index contributed by atoms with van der Waals surface area (Å²) in [7, 11) is 3.33. The maximum absolute atomic E-state index is 5.92. The van der Waals surface area contributed by atoms with Crippen LogP contribution in [0.15, 0.2) is 18.2 Å². The summed E-state index contributed by atoms with van der Waals surface area (Å²) in [5.41, 5.74) is 3.63. The lowest BCUT2D eigenvalue weighted by Crippen LogP contribution is -2.03. The van der Waals surface area contributed by atoms with Crippen LogP contribution in [0.4, 0.5) is 0 Å². The monoisotopic (exact) mass is 384 g/mol. The Bertz CT molecular complexity index is 922. The van der Waals surface area contributed by atoms with Crippen LogP contribution in [0, 0.1) is 0 Å². The smallest absolute Gasteiger partial charge is 0.231 e. The van der Waals surface area contributed by atoms with Gasteiger partial charge in [-0.25, -0.2) is 0 Å². The molecule has 0 radical (unpaired) electrons. The second kappa shape index (κ2) is 6.69. The SMILES string of the molecule is CCCc1c(OC)c(OC)c2c(c1C1CC1c1ccc3c(c1)OCO3)OCO2. The Morgan fingerprint density at radius 2 is 1.64 bits per heavy atom. The summed E-state index contributed by atoms with van der Waals surface area (Å²) in [6.45, 7) is 2.67. The first-order chi connectivity index (χ1) is 13.8. The average Bonchev–Trinajstić information content (AvgIpc) is 3.12. The molecule has 6 heteroatoms. The molecule has 28 heavy (non-hydrogen) atoms. The van der Waals surface area contributed by atoms with Crippen molar-refractivity contribution >= 4 is 0 Å². The van der Waals surface area contributed by atoms with E-state index >= 15 is 0 Å². The van der Waals surface area contributed by atoms with E-state index in [9.17, 15) is 0 Å². The van der Waals surface area contributed by atoms with Crippen LogP contribution < -0.4 is 28.4 Å². The van der Waals surface area contributed by atoms with E-state index in [0.29, 0.717) is 30.1 Å². The predicted octanol–water partition coefficient (Wildman–Crippen LogP) is 4.38. The molecule has 2 aliphatic heterocycles. The summed E-state index contributed by atoms with van der Waals surface area (Å²) in [5, 5.41) is 0. The van der Waals surface area contributed by atoms with Crippen molar-refractivity contribution in [2.24, 2.45) is 0 Å². The molecule has 1 fully saturated rings. The van der Waals surface area contributed by atoms with Crippen LogP contribution in [0.25, 0.3) is 0 Å². The van der Waals surface area contributed by atoms with E-state index in [2.05, 4.69) is 19.1 Å². The van der Waals surface area contributed by atoms with Gasteiger partial charge in [-0.05, 0) is 42.4 Å². The van der Waals surface area contributed by atoms with Crippen LogP contribution in [-0.4, -0.2) is 27.8 Å². The predicted molar refractivity (Wildman–Crippen MR) is 102 cm³/mol. The molecule has 2 unspecified atom stereocenters. The van der Waals surface area contributed by atoms with Gasteiger partial charge in [-0.1, -0.05) is 19.4 Å². The number of ether oxygens (including phenoxy) is 6. The molecule has 0 saturated heterocycles. The molecule has 0 spiro atoms. The molecule has 0 aromatic heterocycles. The van der Waals surface area contributed by atoms with Crippen LogP contribution in [0.5, 0.6) is 34.5 Å². The lowest BCUT2D eigenvalue weighted by Gasteiger charge is -2.19. The lowest BCUT2D eigenvalue weighted by molar-refractivity contribution is 0.170. The molecule has 0 N–H and O–H groups in total. The summed E-state index contributed by atoms with van der Waals surface area (Å²) in [6.07, 6.45) is 2.96. The van der Waals surface area contributed by atoms with Gasteiger partial charge < -0.3 is 28.4 Å². The first-order valence-corrected chi connectivity index (χ1v) is 9.72. The number of rotatable bonds is 6. The molecule has 0 amide bonds. The third-order valence-electron chi connectivity index (χ3n) is 5.76. The van der Waals surface area contributed by atoms with Gasteiger partial charge in [0.2, 0.25) is 25.1 Å². The van der Waals surface area contributed by atoms with Crippen molar-refractivity contribution in [3.63, 3.8) is 0 Å². The third kappa shape index (κ3) is 2.54. The van der Waals surface area contributed by atoms with Crippen LogP contribution in [0.3, 0.4) is 0 Å². The van der Waals surface area contributed by atoms with Gasteiger partial charge in [0.15, 0.2) is 23.0 Å². The van der Waals surface area contributed by atoms with Crippen LogP contribution >= 0.6 is 0 Å². The summed E-state index contributed by atoms with van der Waals surface area (Å²) in [4.78, 5) is 0. The summed E-state index contributed by atoms with van der Waals surface area (Å²) in [5.74, 6) is 5.28. The molecule has 0 bridgehead atoms. The summed E-state index contributed by atoms with van der Waals surface area (Å²) >= 11 is 0. The highest BCUT2D eigenvalue weighted by Gasteiger charge is 2.46. The Morgan fingerprint density at radius 1 is 0.893 bits per heavy atom. The lowest BCUT2D eigenvalue weighted by atomic mass is 9.93. The van der Waals surface area contributed by atoms with Crippen LogP contribution in [0.1, 0.15) is 48.3 Å². The van der Waals surface area contributed by atoms with Crippen molar-refractivity contribution in [3.8, 4) is 34.5 Å². The number of methoxy groups -OCH3 is 2. The van der Waals surface area contributed by atoms with Crippen molar-refractivity contribution in [3.05, 3.63) is 34.9 Å². The fourth-order valence-electron chi connectivity index (χ4n) is 4.46. The molecule has 2 aromatic rings. The molecule has 148 valence electrons. The first kappa shape index (κ1) is 17.3. The minimum Gasteiger partial charge on any atom is -0.492 e. The molecule has 6 nitrogen and oxygen atoms in total. The fraction of sp³-hybridized carbons (Fsp3) is 0.455. The second-order valence-electron chi connectivity index (χ2n) is 7.33. The Kier molecular flexibility index (Phi) is 4.14. The number of hydrogen-bond acceptors (Lipinski definition) is 6. The molecular formula is C22H24O6. The maximum Gasteiger partial charge on any atom is 0.231 e. The molecule has 2 aromatic carbocycles. The fourth-order valence-corrected chi connectivity index (χ4v) is 4.46. The van der Waals surface area contributed by atoms with Crippen molar-refractivity contribution < 1.29 is 28.4 Å². The number of benzene rings is 2. The maximum atomic E-state index is 5.92. The molecule has 3 aliphatic rings. The number of hydrogen-bond donors (Lipinski definition) is 0. The van der Waals surface area contributed by atoms with E-state index < -0.39 is 0 Å². The van der Waals surface area contributed by atoms with Crippen LogP contribution in [0.2, 0.25) is 0 Å². The van der Waals surface area contributed by atoms with E-state index in [0.717, 1.165) is 42.3 Å². The van der Waals surface area contributed by atoms with Crippen LogP contribution in [-0.2, 0) is 6.42 Å². The Hall–Kier alpha value is -2.76. The first-order valence-electron chi connectivity index (χ1n) is 9.72. The number of fused-ring (bicyclic) bond motifs is 2. The average molecular weight is 384 g/mol. The quantitative estimate of drug-likeness (QED) is 0.737. The van der Waals surface area contributed by atoms with Gasteiger partial charge in [-0.3, -0.25) is 0 Å². The molecule has 2 atom stereocenters. The minimum absolute atomic E-state index is 0.207. The third-order valence-corrected chi connectivity index (χ3v) is 5.76. The highest BCUT2D eigenvalue weighted by Crippen LogP contribution is 2.63. The van der Waals surface area contributed by atoms with Crippen molar-refractivity contribution in [2.75, 3.05) is 27.8 Å². The van der Waals surface area contributed by atoms with E-state index in [4.69, 9.17) is 28.4 Å². The topological polar surface area (TPSA) is 55.4 Å². The summed E-state index contributed by atoms with van der Waals surface area (Å²) in [6, 6.07) is 6.24. The van der Waals surface area contributed by atoms with E-state index in [1.165, 1.54) is 16.7 Å². The van der Waals surface area contributed by atoms with Gasteiger partial charge in [0.1, 0.15) is 0 Å². The highest BCUT2D eigenvalue weighted by atomic mass is 16.7. The van der Waals surface area contributed by atoms with Crippen molar-refractivity contribution in [1.82, 2.24) is 0 Å². The zero-order valence-electron chi connectivity index (χ0n) is 16.4. The second-order valence-corrected chi connectivity index (χ2v) is 7.33. The highest BCUT2D eigenvalue weighted by molar-refractivity contribution is 5.70. The van der Waals surface area contributed by atoms with Gasteiger partial charge in [-0.2, -0.15) is 0 Å². The molecule has 1 saturated carbocycles. The van der Waals surface area contributed by atoms with Gasteiger partial charge in [0, 0.05) is 11.1 Å². The molecule has 2 heterocycles. The Morgan fingerprint density at radius 3 is 2.43 bits per heavy atom. The normalized spacial score (nSPS) is 21.0. The minimum atomic E-state index is 0.207. The van der Waals surface area contributed by atoms with Crippen molar-refractivity contribution in [2.45, 2.75) is 38.0 Å². The summed E-state index contributed by atoms with van der Waals surface area (Å²) < 4.78 is 34.1. The van der Waals surface area contributed by atoms with E-state index in [-0.39, 0.29) is 6.79 Å². The van der Waals surface area contributed by atoms with Gasteiger partial charge in [-0.15, -0.1) is 0 Å². The molecule has 5 rings (SSSR count). The zero-order valence-corrected chi connectivity index (χ0v) is 16.4. The Labute approximate surface area is 164 Å². The molecule has 1 aliphatic carbocycles. The van der Waals surface area contributed by atoms with Gasteiger partial charge in [0.05, 0.1) is 14.2 Å². The van der Waals surface area contributed by atoms with E-state index in [1.807, 2.05) is 6.07 Å². The largest absolute Gasteiger partial charge is 0.492 e. The molecular weight excluding hydrogens is 360 g/mol. The Balaban J connectivity index is 1.58.